The summed E-state index contributed by atoms with van der Waals surface area (Å²) < 4.78 is 5.52. The second-order valence-electron chi connectivity index (χ2n) is 6.68. The molecular formula is C18H28N2O3. The zero-order valence-electron chi connectivity index (χ0n) is 14.2. The predicted molar refractivity (Wildman–Crippen MR) is 88.7 cm³/mol. The smallest absolute Gasteiger partial charge is 0.242 e. The number of nitrogens with zero attached hydrogens (tertiary/aromatic N) is 1. The van der Waals surface area contributed by atoms with Crippen molar-refractivity contribution in [3.05, 3.63) is 24.2 Å². The van der Waals surface area contributed by atoms with E-state index in [0.717, 1.165) is 44.4 Å². The van der Waals surface area contributed by atoms with E-state index in [1.54, 1.807) is 6.26 Å². The molecule has 0 radical (unpaired) electrons. The number of hydrogen-bond donors (Lipinski definition) is 1. The maximum atomic E-state index is 12.6. The van der Waals surface area contributed by atoms with Crippen molar-refractivity contribution in [3.63, 3.8) is 0 Å². The van der Waals surface area contributed by atoms with Crippen molar-refractivity contribution in [3.8, 4) is 0 Å². The molecule has 0 spiro atoms. The summed E-state index contributed by atoms with van der Waals surface area (Å²) in [7, 11) is 0. The molecule has 1 aliphatic rings. The predicted octanol–water partition coefficient (Wildman–Crippen LogP) is 3.28. The second kappa shape index (κ2) is 8.75. The Morgan fingerprint density at radius 3 is 2.87 bits per heavy atom. The van der Waals surface area contributed by atoms with Crippen LogP contribution in [0.4, 0.5) is 0 Å². The van der Waals surface area contributed by atoms with Crippen molar-refractivity contribution in [2.75, 3.05) is 13.1 Å². The molecule has 1 atom stereocenters. The molecular weight excluding hydrogens is 292 g/mol. The van der Waals surface area contributed by atoms with E-state index in [-0.39, 0.29) is 24.4 Å². The Kier molecular flexibility index (Phi) is 6.68. The van der Waals surface area contributed by atoms with Crippen molar-refractivity contribution in [1.82, 2.24) is 10.2 Å². The molecule has 2 amide bonds. The molecule has 0 aliphatic carbocycles. The summed E-state index contributed by atoms with van der Waals surface area (Å²) in [5.74, 6) is 1.26. The minimum absolute atomic E-state index is 0.00688. The zero-order valence-corrected chi connectivity index (χ0v) is 14.2. The monoisotopic (exact) mass is 320 g/mol. The molecule has 1 saturated heterocycles. The van der Waals surface area contributed by atoms with Gasteiger partial charge in [0.25, 0.3) is 0 Å². The molecule has 0 bridgehead atoms. The first-order valence-corrected chi connectivity index (χ1v) is 8.67. The molecule has 1 aliphatic heterocycles. The van der Waals surface area contributed by atoms with Gasteiger partial charge in [-0.1, -0.05) is 26.7 Å². The van der Waals surface area contributed by atoms with Gasteiger partial charge in [0.05, 0.1) is 18.8 Å². The maximum absolute atomic E-state index is 12.6. The summed E-state index contributed by atoms with van der Waals surface area (Å²) in [5.41, 5.74) is 0. The summed E-state index contributed by atoms with van der Waals surface area (Å²) in [6.07, 6.45) is 7.12. The Labute approximate surface area is 138 Å². The van der Waals surface area contributed by atoms with E-state index < -0.39 is 0 Å². The summed E-state index contributed by atoms with van der Waals surface area (Å²) in [6, 6.07) is 3.78. The van der Waals surface area contributed by atoms with Crippen LogP contribution in [-0.2, 0) is 9.59 Å². The second-order valence-corrected chi connectivity index (χ2v) is 6.68. The Balaban J connectivity index is 1.91. The van der Waals surface area contributed by atoms with Gasteiger partial charge >= 0.3 is 0 Å². The third kappa shape index (κ3) is 5.41. The van der Waals surface area contributed by atoms with Gasteiger partial charge in [0.1, 0.15) is 5.76 Å². The highest BCUT2D eigenvalue weighted by Gasteiger charge is 2.28. The van der Waals surface area contributed by atoms with Crippen LogP contribution in [0.25, 0.3) is 0 Å². The lowest BCUT2D eigenvalue weighted by molar-refractivity contribution is -0.135. The lowest BCUT2D eigenvalue weighted by Crippen LogP contribution is -2.42. The molecule has 0 aromatic carbocycles. The molecule has 1 fully saturated rings. The molecule has 1 N–H and O–H groups in total. The number of amides is 2. The summed E-state index contributed by atoms with van der Waals surface area (Å²) in [6.45, 7) is 4.98. The first-order chi connectivity index (χ1) is 11.1. The minimum atomic E-state index is -0.0450. The van der Waals surface area contributed by atoms with E-state index in [1.165, 1.54) is 0 Å². The Morgan fingerprint density at radius 1 is 1.35 bits per heavy atom. The standard InChI is InChI=1S/C18H28N2O3/c1-14(2)9-10-17(21)19-13-18(22)20-11-5-3-4-7-15(20)16-8-6-12-23-16/h6,8,12,14-15H,3-5,7,9-11,13H2,1-2H3,(H,19,21)/t15-/m1/s1. The van der Waals surface area contributed by atoms with E-state index in [0.29, 0.717) is 12.3 Å². The molecule has 1 aromatic rings. The van der Waals surface area contributed by atoms with Gasteiger partial charge in [-0.05, 0) is 37.3 Å². The van der Waals surface area contributed by atoms with E-state index in [2.05, 4.69) is 19.2 Å². The van der Waals surface area contributed by atoms with Gasteiger partial charge < -0.3 is 14.6 Å². The number of likely N-dealkylation sites (tertiary alicyclic amines) is 1. The summed E-state index contributed by atoms with van der Waals surface area (Å²) in [4.78, 5) is 26.3. The van der Waals surface area contributed by atoms with Crippen molar-refractivity contribution < 1.29 is 14.0 Å². The van der Waals surface area contributed by atoms with Crippen LogP contribution in [-0.4, -0.2) is 29.8 Å². The Hall–Kier alpha value is -1.78. The van der Waals surface area contributed by atoms with Crippen molar-refractivity contribution >= 4 is 11.8 Å². The van der Waals surface area contributed by atoms with Crippen LogP contribution in [0.15, 0.2) is 22.8 Å². The lowest BCUT2D eigenvalue weighted by atomic mass is 10.1. The van der Waals surface area contributed by atoms with Gasteiger partial charge in [0, 0.05) is 13.0 Å². The number of rotatable bonds is 6. The SMILES string of the molecule is CC(C)CCC(=O)NCC(=O)N1CCCCC[C@@H]1c1ccco1. The molecule has 1 aromatic heterocycles. The number of furan rings is 1. The number of carbonyl (C=O) groups is 2. The topological polar surface area (TPSA) is 62.6 Å². The van der Waals surface area contributed by atoms with Gasteiger partial charge in [-0.3, -0.25) is 9.59 Å². The van der Waals surface area contributed by atoms with Gasteiger partial charge in [-0.25, -0.2) is 0 Å². The average Bonchev–Trinajstić information content (AvgIpc) is 2.95. The largest absolute Gasteiger partial charge is 0.467 e. The Morgan fingerprint density at radius 2 is 2.17 bits per heavy atom. The summed E-state index contributed by atoms with van der Waals surface area (Å²) >= 11 is 0. The van der Waals surface area contributed by atoms with E-state index in [9.17, 15) is 9.59 Å². The third-order valence-electron chi connectivity index (χ3n) is 4.33. The summed E-state index contributed by atoms with van der Waals surface area (Å²) in [5, 5.41) is 2.76. The average molecular weight is 320 g/mol. The normalized spacial score (nSPS) is 18.7. The molecule has 128 valence electrons. The molecule has 5 nitrogen and oxygen atoms in total. The number of nitrogens with one attached hydrogen (secondary N) is 1. The van der Waals surface area contributed by atoms with Gasteiger partial charge in [-0.2, -0.15) is 0 Å². The fraction of sp³-hybridized carbons (Fsp3) is 0.667. The molecule has 23 heavy (non-hydrogen) atoms. The maximum Gasteiger partial charge on any atom is 0.242 e. The zero-order chi connectivity index (χ0) is 16.7. The van der Waals surface area contributed by atoms with Gasteiger partial charge in [0.2, 0.25) is 11.8 Å². The number of carbonyl (C=O) groups excluding carboxylic acids is 2. The number of hydrogen-bond acceptors (Lipinski definition) is 3. The Bertz CT molecular complexity index is 496. The highest BCUT2D eigenvalue weighted by atomic mass is 16.3. The molecule has 0 saturated carbocycles. The van der Waals surface area contributed by atoms with Crippen LogP contribution in [0.5, 0.6) is 0 Å². The van der Waals surface area contributed by atoms with Crippen LogP contribution >= 0.6 is 0 Å². The van der Waals surface area contributed by atoms with Crippen molar-refractivity contribution in [2.45, 2.75) is 58.4 Å². The molecule has 0 unspecified atom stereocenters. The van der Waals surface area contributed by atoms with Crippen LogP contribution in [0.1, 0.15) is 64.2 Å². The lowest BCUT2D eigenvalue weighted by Gasteiger charge is -2.28. The van der Waals surface area contributed by atoms with Gasteiger partial charge in [-0.15, -0.1) is 0 Å². The third-order valence-corrected chi connectivity index (χ3v) is 4.33. The van der Waals surface area contributed by atoms with Crippen LogP contribution in [0, 0.1) is 5.92 Å². The minimum Gasteiger partial charge on any atom is -0.467 e. The molecule has 2 heterocycles. The van der Waals surface area contributed by atoms with Crippen LogP contribution in [0.3, 0.4) is 0 Å². The van der Waals surface area contributed by atoms with E-state index >= 15 is 0 Å². The van der Waals surface area contributed by atoms with Crippen molar-refractivity contribution in [1.29, 1.82) is 0 Å². The fourth-order valence-electron chi connectivity index (χ4n) is 2.97. The van der Waals surface area contributed by atoms with Crippen LogP contribution < -0.4 is 5.32 Å². The highest BCUT2D eigenvalue weighted by molar-refractivity contribution is 5.85. The first kappa shape index (κ1) is 17.6. The van der Waals surface area contributed by atoms with Gasteiger partial charge in [0.15, 0.2) is 0 Å². The first-order valence-electron chi connectivity index (χ1n) is 8.67. The van der Waals surface area contributed by atoms with Crippen molar-refractivity contribution in [2.24, 2.45) is 5.92 Å². The van der Waals surface area contributed by atoms with Crippen LogP contribution in [0.2, 0.25) is 0 Å². The highest BCUT2D eigenvalue weighted by Crippen LogP contribution is 2.30. The quantitative estimate of drug-likeness (QED) is 0.875. The van der Waals surface area contributed by atoms with E-state index in [1.807, 2.05) is 17.0 Å². The van der Waals surface area contributed by atoms with E-state index in [4.69, 9.17) is 4.42 Å². The molecule has 2 rings (SSSR count). The molecule has 5 heteroatoms. The fourth-order valence-corrected chi connectivity index (χ4v) is 2.97.